The summed E-state index contributed by atoms with van der Waals surface area (Å²) in [6, 6.07) is 4.04. The number of aryl methyl sites for hydroxylation is 1. The van der Waals surface area contributed by atoms with Crippen molar-refractivity contribution in [1.29, 1.82) is 0 Å². The van der Waals surface area contributed by atoms with Crippen LogP contribution in [0.15, 0.2) is 23.1 Å². The van der Waals surface area contributed by atoms with Crippen LogP contribution in [0, 0.1) is 0 Å². The van der Waals surface area contributed by atoms with Crippen molar-refractivity contribution in [3.05, 3.63) is 23.8 Å². The Bertz CT molecular complexity index is 431. The molecular formula is C9H12LiNO3S. The number of hydrogen-bond donors (Lipinski definition) is 1. The van der Waals surface area contributed by atoms with Gasteiger partial charge < -0.3 is 10.3 Å². The van der Waals surface area contributed by atoms with Crippen molar-refractivity contribution in [2.45, 2.75) is 24.7 Å². The predicted octanol–water partition coefficient (Wildman–Crippen LogP) is -1.87. The van der Waals surface area contributed by atoms with E-state index < -0.39 is 10.1 Å². The average Bonchev–Trinajstić information content (AvgIpc) is 2.07. The number of nitrogen functional groups attached to an aromatic ring is 1. The zero-order valence-electron chi connectivity index (χ0n) is 8.86. The average molecular weight is 221 g/mol. The second-order valence-corrected chi connectivity index (χ2v) is 4.44. The summed E-state index contributed by atoms with van der Waals surface area (Å²) in [6.45, 7) is 1.96. The summed E-state index contributed by atoms with van der Waals surface area (Å²) < 4.78 is 32.1. The number of nitrogens with two attached hydrogens (primary N) is 1. The second kappa shape index (κ2) is 5.57. The van der Waals surface area contributed by atoms with Crippen molar-refractivity contribution in [1.82, 2.24) is 0 Å². The van der Waals surface area contributed by atoms with E-state index in [9.17, 15) is 13.0 Å². The Morgan fingerprint density at radius 2 is 2.00 bits per heavy atom. The van der Waals surface area contributed by atoms with Crippen molar-refractivity contribution in [2.24, 2.45) is 0 Å². The maximum atomic E-state index is 10.7. The molecule has 0 saturated heterocycles. The largest absolute Gasteiger partial charge is 1.00 e. The van der Waals surface area contributed by atoms with Gasteiger partial charge in [-0.3, -0.25) is 0 Å². The molecule has 0 heterocycles. The van der Waals surface area contributed by atoms with E-state index in [1.54, 1.807) is 0 Å². The summed E-state index contributed by atoms with van der Waals surface area (Å²) >= 11 is 0. The zero-order chi connectivity index (χ0) is 10.8. The van der Waals surface area contributed by atoms with Gasteiger partial charge in [-0.1, -0.05) is 13.3 Å². The van der Waals surface area contributed by atoms with Crippen molar-refractivity contribution in [3.63, 3.8) is 0 Å². The third-order valence-corrected chi connectivity index (χ3v) is 2.75. The van der Waals surface area contributed by atoms with Crippen LogP contribution in [0.1, 0.15) is 18.9 Å². The molecule has 0 fully saturated rings. The van der Waals surface area contributed by atoms with E-state index in [2.05, 4.69) is 0 Å². The number of rotatable bonds is 3. The van der Waals surface area contributed by atoms with Gasteiger partial charge in [-0.05, 0) is 30.2 Å². The molecule has 15 heavy (non-hydrogen) atoms. The van der Waals surface area contributed by atoms with Crippen molar-refractivity contribution < 1.29 is 31.8 Å². The first-order valence-corrected chi connectivity index (χ1v) is 5.70. The van der Waals surface area contributed by atoms with Gasteiger partial charge >= 0.3 is 18.9 Å². The van der Waals surface area contributed by atoms with Crippen LogP contribution in [0.2, 0.25) is 0 Å². The zero-order valence-corrected chi connectivity index (χ0v) is 9.67. The summed E-state index contributed by atoms with van der Waals surface area (Å²) in [5.74, 6) is 0. The molecule has 78 valence electrons. The van der Waals surface area contributed by atoms with E-state index in [4.69, 9.17) is 5.73 Å². The van der Waals surface area contributed by atoms with Gasteiger partial charge in [-0.2, -0.15) is 0 Å². The number of anilines is 1. The first-order chi connectivity index (χ1) is 6.45. The Kier molecular flexibility index (Phi) is 5.39. The van der Waals surface area contributed by atoms with Gasteiger partial charge in [0.15, 0.2) is 0 Å². The molecule has 0 saturated carbocycles. The molecule has 0 amide bonds. The molecule has 0 spiro atoms. The van der Waals surface area contributed by atoms with Gasteiger partial charge in [0.2, 0.25) is 0 Å². The molecule has 0 aliphatic carbocycles. The minimum absolute atomic E-state index is 0. The standard InChI is InChI=1S/C9H13NO3S.Li/c1-2-3-7-6-8(14(11,12)13)4-5-9(7)10;/h4-6H,2-3,10H2,1H3,(H,11,12,13);/q;+1/p-1. The normalized spacial score (nSPS) is 10.8. The van der Waals surface area contributed by atoms with E-state index in [1.165, 1.54) is 18.2 Å². The predicted molar refractivity (Wildman–Crippen MR) is 52.8 cm³/mol. The summed E-state index contributed by atoms with van der Waals surface area (Å²) in [4.78, 5) is -0.213. The SMILES string of the molecule is CCCc1cc(S(=O)(=O)[O-])ccc1N.[Li+]. The van der Waals surface area contributed by atoms with Crippen LogP contribution >= 0.6 is 0 Å². The first-order valence-electron chi connectivity index (χ1n) is 4.29. The molecule has 0 radical (unpaired) electrons. The van der Waals surface area contributed by atoms with E-state index in [0.29, 0.717) is 17.7 Å². The van der Waals surface area contributed by atoms with E-state index in [0.717, 1.165) is 6.42 Å². The Morgan fingerprint density at radius 3 is 2.47 bits per heavy atom. The smallest absolute Gasteiger partial charge is 0.744 e. The molecule has 1 rings (SSSR count). The molecule has 1 aromatic rings. The van der Waals surface area contributed by atoms with Crippen LogP contribution < -0.4 is 24.6 Å². The molecule has 1 aromatic carbocycles. The Hall–Kier alpha value is -0.473. The fourth-order valence-electron chi connectivity index (χ4n) is 1.22. The molecule has 2 N–H and O–H groups in total. The number of hydrogen-bond acceptors (Lipinski definition) is 4. The molecule has 4 nitrogen and oxygen atoms in total. The van der Waals surface area contributed by atoms with Crippen molar-refractivity contribution >= 4 is 15.8 Å². The topological polar surface area (TPSA) is 83.2 Å². The van der Waals surface area contributed by atoms with Crippen LogP contribution in [-0.4, -0.2) is 13.0 Å². The fraction of sp³-hybridized carbons (Fsp3) is 0.333. The molecule has 0 aliphatic rings. The third kappa shape index (κ3) is 3.88. The van der Waals surface area contributed by atoms with Crippen LogP contribution in [0.4, 0.5) is 5.69 Å². The van der Waals surface area contributed by atoms with Gasteiger partial charge in [0, 0.05) is 5.69 Å². The van der Waals surface area contributed by atoms with Gasteiger partial charge in [0.05, 0.1) is 4.90 Å². The van der Waals surface area contributed by atoms with Gasteiger partial charge in [0.25, 0.3) is 0 Å². The Morgan fingerprint density at radius 1 is 1.40 bits per heavy atom. The monoisotopic (exact) mass is 221 g/mol. The molecular weight excluding hydrogens is 209 g/mol. The summed E-state index contributed by atoms with van der Waals surface area (Å²) in [6.07, 6.45) is 1.53. The third-order valence-electron chi connectivity index (χ3n) is 1.92. The van der Waals surface area contributed by atoms with E-state index in [-0.39, 0.29) is 23.8 Å². The van der Waals surface area contributed by atoms with Crippen LogP contribution in [0.5, 0.6) is 0 Å². The van der Waals surface area contributed by atoms with Crippen LogP contribution in [0.3, 0.4) is 0 Å². The second-order valence-electron chi connectivity index (χ2n) is 3.06. The molecule has 0 unspecified atom stereocenters. The molecule has 0 aliphatic heterocycles. The Labute approximate surface area is 102 Å². The number of benzene rings is 1. The van der Waals surface area contributed by atoms with Gasteiger partial charge in [0.1, 0.15) is 10.1 Å². The summed E-state index contributed by atoms with van der Waals surface area (Å²) in [5, 5.41) is 0. The van der Waals surface area contributed by atoms with Crippen molar-refractivity contribution in [2.75, 3.05) is 5.73 Å². The first kappa shape index (κ1) is 14.5. The summed E-state index contributed by atoms with van der Waals surface area (Å²) in [7, 11) is -4.37. The van der Waals surface area contributed by atoms with Crippen molar-refractivity contribution in [3.8, 4) is 0 Å². The van der Waals surface area contributed by atoms with Gasteiger partial charge in [-0.25, -0.2) is 8.42 Å². The maximum absolute atomic E-state index is 10.7. The molecule has 6 heteroatoms. The van der Waals surface area contributed by atoms with E-state index >= 15 is 0 Å². The Balaban J connectivity index is 0.00000196. The summed E-state index contributed by atoms with van der Waals surface area (Å²) in [5.41, 5.74) is 6.86. The quantitative estimate of drug-likeness (QED) is 0.368. The maximum Gasteiger partial charge on any atom is 1.00 e. The fourth-order valence-corrected chi connectivity index (χ4v) is 1.74. The van der Waals surface area contributed by atoms with Gasteiger partial charge in [-0.15, -0.1) is 0 Å². The van der Waals surface area contributed by atoms with Crippen LogP contribution in [-0.2, 0) is 16.5 Å². The molecule has 0 aromatic heterocycles. The molecule has 0 atom stereocenters. The minimum Gasteiger partial charge on any atom is -0.744 e. The van der Waals surface area contributed by atoms with Crippen LogP contribution in [0.25, 0.3) is 0 Å². The molecule has 0 bridgehead atoms. The van der Waals surface area contributed by atoms with E-state index in [1.807, 2.05) is 6.92 Å². The minimum atomic E-state index is -4.37.